The lowest BCUT2D eigenvalue weighted by molar-refractivity contribution is 0.481. The molecule has 4 rings (SSSR count). The van der Waals surface area contributed by atoms with Gasteiger partial charge in [0.15, 0.2) is 0 Å². The first-order chi connectivity index (χ1) is 11.8. The highest BCUT2D eigenvalue weighted by Gasteiger charge is 2.10. The number of aromatic nitrogens is 2. The summed E-state index contributed by atoms with van der Waals surface area (Å²) in [7, 11) is 0. The molecule has 0 saturated carbocycles. The lowest BCUT2D eigenvalue weighted by atomic mass is 10.1. The first-order valence-corrected chi connectivity index (χ1v) is 7.36. The van der Waals surface area contributed by atoms with Gasteiger partial charge in [-0.2, -0.15) is 0 Å². The number of pyridine rings is 2. The summed E-state index contributed by atoms with van der Waals surface area (Å²) in [4.78, 5) is 8.08. The van der Waals surface area contributed by atoms with E-state index < -0.39 is 0 Å². The first kappa shape index (κ1) is 14.0. The van der Waals surface area contributed by atoms with Gasteiger partial charge in [-0.1, -0.05) is 5.92 Å². The number of rotatable bonds is 3. The van der Waals surface area contributed by atoms with Crippen LogP contribution in [0.5, 0.6) is 11.5 Å². The number of hydrogen-bond acceptors (Lipinski definition) is 4. The van der Waals surface area contributed by atoms with Crippen molar-refractivity contribution in [3.8, 4) is 35.2 Å². The highest BCUT2D eigenvalue weighted by molar-refractivity contribution is 5.85. The van der Waals surface area contributed by atoms with Crippen molar-refractivity contribution in [3.63, 3.8) is 0 Å². The van der Waals surface area contributed by atoms with Crippen LogP contribution in [0, 0.1) is 12.3 Å². The predicted molar refractivity (Wildman–Crippen MR) is 91.7 cm³/mol. The number of hydrogen-bond donors (Lipinski definition) is 0. The van der Waals surface area contributed by atoms with E-state index in [0.717, 1.165) is 22.3 Å². The van der Waals surface area contributed by atoms with Crippen LogP contribution in [-0.4, -0.2) is 9.97 Å². The minimum absolute atomic E-state index is 0.685. The fourth-order valence-electron chi connectivity index (χ4n) is 2.49. The van der Waals surface area contributed by atoms with E-state index in [0.29, 0.717) is 17.1 Å². The molecular formula is C20H12N2O2. The van der Waals surface area contributed by atoms with Crippen LogP contribution in [0.2, 0.25) is 0 Å². The second-order valence-corrected chi connectivity index (χ2v) is 5.17. The maximum absolute atomic E-state index is 5.91. The number of furan rings is 1. The number of nitrogens with zero attached hydrogens (tertiary/aromatic N) is 2. The fraction of sp³-hybridized carbons (Fsp3) is 0. The van der Waals surface area contributed by atoms with E-state index in [1.54, 1.807) is 24.8 Å². The van der Waals surface area contributed by atoms with Crippen molar-refractivity contribution in [1.82, 2.24) is 9.97 Å². The van der Waals surface area contributed by atoms with Crippen molar-refractivity contribution >= 4 is 11.0 Å². The van der Waals surface area contributed by atoms with Gasteiger partial charge in [-0.05, 0) is 42.5 Å². The zero-order chi connectivity index (χ0) is 16.4. The van der Waals surface area contributed by atoms with E-state index >= 15 is 0 Å². The molecule has 4 heteroatoms. The summed E-state index contributed by atoms with van der Waals surface area (Å²) in [6.07, 6.45) is 12.3. The smallest absolute Gasteiger partial charge is 0.145 e. The van der Waals surface area contributed by atoms with Crippen LogP contribution >= 0.6 is 0 Å². The average Bonchev–Trinajstić information content (AvgIpc) is 3.05. The second kappa shape index (κ2) is 5.90. The summed E-state index contributed by atoms with van der Waals surface area (Å²) in [6, 6.07) is 13.1. The molecule has 3 heterocycles. The lowest BCUT2D eigenvalue weighted by Gasteiger charge is -2.04. The number of benzene rings is 1. The Morgan fingerprint density at radius 2 is 1.88 bits per heavy atom. The van der Waals surface area contributed by atoms with E-state index in [1.165, 1.54) is 0 Å². The third-order valence-electron chi connectivity index (χ3n) is 3.60. The first-order valence-electron chi connectivity index (χ1n) is 7.36. The quantitative estimate of drug-likeness (QED) is 0.516. The second-order valence-electron chi connectivity index (χ2n) is 5.17. The highest BCUT2D eigenvalue weighted by atomic mass is 16.5. The Kier molecular flexibility index (Phi) is 3.45. The maximum atomic E-state index is 5.91. The molecule has 0 unspecified atom stereocenters. The van der Waals surface area contributed by atoms with Crippen molar-refractivity contribution < 1.29 is 9.15 Å². The molecule has 1 aromatic carbocycles. The van der Waals surface area contributed by atoms with Gasteiger partial charge in [-0.3, -0.25) is 9.97 Å². The number of fused-ring (bicyclic) bond motifs is 1. The average molecular weight is 312 g/mol. The van der Waals surface area contributed by atoms with Crippen molar-refractivity contribution in [2.24, 2.45) is 0 Å². The Balaban J connectivity index is 1.73. The van der Waals surface area contributed by atoms with Crippen LogP contribution in [0.1, 0.15) is 5.56 Å². The van der Waals surface area contributed by atoms with Gasteiger partial charge in [0.1, 0.15) is 22.8 Å². The Morgan fingerprint density at radius 1 is 0.958 bits per heavy atom. The minimum Gasteiger partial charge on any atom is -0.456 e. The minimum atomic E-state index is 0.685. The SMILES string of the molecule is C#Cc1cnccc1-c1cc2cc(Oc3cccnc3)ccc2o1. The third-order valence-corrected chi connectivity index (χ3v) is 3.60. The Labute approximate surface area is 138 Å². The molecule has 0 aliphatic carbocycles. The van der Waals surface area contributed by atoms with E-state index in [9.17, 15) is 0 Å². The zero-order valence-electron chi connectivity index (χ0n) is 12.6. The van der Waals surface area contributed by atoms with Gasteiger partial charge >= 0.3 is 0 Å². The summed E-state index contributed by atoms with van der Waals surface area (Å²) in [6.45, 7) is 0. The summed E-state index contributed by atoms with van der Waals surface area (Å²) in [5, 5.41) is 0.936. The molecule has 4 nitrogen and oxygen atoms in total. The standard InChI is InChI=1S/C20H12N2O2/c1-2-14-12-22-9-7-18(14)20-11-15-10-16(5-6-19(15)24-20)23-17-4-3-8-21-13-17/h1,3-13H. The Hall–Kier alpha value is -3.58. The lowest BCUT2D eigenvalue weighted by Crippen LogP contribution is -1.83. The van der Waals surface area contributed by atoms with Crippen LogP contribution in [0.25, 0.3) is 22.3 Å². The molecule has 3 aromatic heterocycles. The van der Waals surface area contributed by atoms with Crippen molar-refractivity contribution in [3.05, 3.63) is 72.8 Å². The summed E-state index contributed by atoms with van der Waals surface area (Å²) in [5.41, 5.74) is 2.31. The van der Waals surface area contributed by atoms with E-state index in [4.69, 9.17) is 15.6 Å². The van der Waals surface area contributed by atoms with Crippen molar-refractivity contribution in [2.45, 2.75) is 0 Å². The van der Waals surface area contributed by atoms with Crippen LogP contribution in [0.4, 0.5) is 0 Å². The summed E-state index contributed by atoms with van der Waals surface area (Å²) in [5.74, 6) is 4.74. The van der Waals surface area contributed by atoms with Crippen LogP contribution in [0.3, 0.4) is 0 Å². The maximum Gasteiger partial charge on any atom is 0.145 e. The molecule has 0 atom stereocenters. The van der Waals surface area contributed by atoms with Crippen molar-refractivity contribution in [2.75, 3.05) is 0 Å². The van der Waals surface area contributed by atoms with E-state index in [-0.39, 0.29) is 0 Å². The summed E-state index contributed by atoms with van der Waals surface area (Å²) < 4.78 is 11.7. The molecule has 0 aliphatic rings. The Morgan fingerprint density at radius 3 is 2.71 bits per heavy atom. The number of terminal acetylenes is 1. The molecule has 0 saturated heterocycles. The van der Waals surface area contributed by atoms with Gasteiger partial charge in [-0.15, -0.1) is 6.42 Å². The van der Waals surface area contributed by atoms with Gasteiger partial charge in [0, 0.05) is 29.5 Å². The summed E-state index contributed by atoms with van der Waals surface area (Å²) >= 11 is 0. The molecule has 0 spiro atoms. The molecule has 0 radical (unpaired) electrons. The molecule has 0 bridgehead atoms. The molecule has 0 N–H and O–H groups in total. The zero-order valence-corrected chi connectivity index (χ0v) is 12.6. The monoisotopic (exact) mass is 312 g/mol. The Bertz CT molecular complexity index is 1050. The van der Waals surface area contributed by atoms with Crippen LogP contribution in [0.15, 0.2) is 71.7 Å². The topological polar surface area (TPSA) is 48.2 Å². The van der Waals surface area contributed by atoms with Gasteiger partial charge < -0.3 is 9.15 Å². The molecule has 0 amide bonds. The van der Waals surface area contributed by atoms with Gasteiger partial charge in [0.05, 0.1) is 11.8 Å². The largest absolute Gasteiger partial charge is 0.456 e. The van der Waals surface area contributed by atoms with E-state index in [2.05, 4.69) is 15.9 Å². The van der Waals surface area contributed by atoms with E-state index in [1.807, 2.05) is 42.5 Å². The van der Waals surface area contributed by atoms with Gasteiger partial charge in [0.25, 0.3) is 0 Å². The fourth-order valence-corrected chi connectivity index (χ4v) is 2.49. The molecule has 114 valence electrons. The molecule has 0 fully saturated rings. The predicted octanol–water partition coefficient (Wildman–Crippen LogP) is 4.66. The van der Waals surface area contributed by atoms with Crippen LogP contribution in [-0.2, 0) is 0 Å². The van der Waals surface area contributed by atoms with Gasteiger partial charge in [-0.25, -0.2) is 0 Å². The molecule has 0 aliphatic heterocycles. The number of ether oxygens (including phenoxy) is 1. The molecule has 4 aromatic rings. The van der Waals surface area contributed by atoms with Crippen molar-refractivity contribution in [1.29, 1.82) is 0 Å². The van der Waals surface area contributed by atoms with Crippen LogP contribution < -0.4 is 4.74 Å². The molecular weight excluding hydrogens is 300 g/mol. The highest BCUT2D eigenvalue weighted by Crippen LogP contribution is 2.32. The normalized spacial score (nSPS) is 10.5. The van der Waals surface area contributed by atoms with Gasteiger partial charge in [0.2, 0.25) is 0 Å². The molecule has 24 heavy (non-hydrogen) atoms. The third kappa shape index (κ3) is 2.59.